The molecule has 1 aliphatic rings. The van der Waals surface area contributed by atoms with Gasteiger partial charge in [-0.1, -0.05) is 12.1 Å². The van der Waals surface area contributed by atoms with Crippen molar-refractivity contribution in [3.63, 3.8) is 0 Å². The van der Waals surface area contributed by atoms with Gasteiger partial charge in [0.2, 0.25) is 0 Å². The zero-order valence-corrected chi connectivity index (χ0v) is 10.5. The van der Waals surface area contributed by atoms with Gasteiger partial charge in [-0.15, -0.1) is 0 Å². The Kier molecular flexibility index (Phi) is 3.02. The Balaban J connectivity index is 1.97. The highest BCUT2D eigenvalue weighted by molar-refractivity contribution is 5.97. The van der Waals surface area contributed by atoms with Crippen LogP contribution in [-0.2, 0) is 11.3 Å². The summed E-state index contributed by atoms with van der Waals surface area (Å²) in [6.45, 7) is 0.170. The quantitative estimate of drug-likeness (QED) is 0.914. The first-order chi connectivity index (χ1) is 9.63. The third-order valence-electron chi connectivity index (χ3n) is 3.12. The number of rotatable bonds is 2. The number of aromatic hydroxyl groups is 1. The number of carbonyl (C=O) groups excluding carboxylic acids is 1. The van der Waals surface area contributed by atoms with Gasteiger partial charge in [-0.05, 0) is 29.8 Å². The van der Waals surface area contributed by atoms with E-state index in [1.807, 2.05) is 0 Å². The van der Waals surface area contributed by atoms with Gasteiger partial charge >= 0.3 is 0 Å². The molecule has 3 rings (SSSR count). The summed E-state index contributed by atoms with van der Waals surface area (Å²) in [7, 11) is 0. The van der Waals surface area contributed by atoms with Crippen molar-refractivity contribution in [2.75, 3.05) is 11.5 Å². The summed E-state index contributed by atoms with van der Waals surface area (Å²) in [6, 6.07) is 10.6. The first-order valence-electron chi connectivity index (χ1n) is 6.14. The van der Waals surface area contributed by atoms with Crippen molar-refractivity contribution in [2.24, 2.45) is 0 Å². The smallest absolute Gasteiger partial charge is 0.265 e. The molecule has 1 aliphatic heterocycles. The molecule has 1 N–H and O–H groups in total. The van der Waals surface area contributed by atoms with Crippen LogP contribution >= 0.6 is 0 Å². The Labute approximate surface area is 115 Å². The van der Waals surface area contributed by atoms with Gasteiger partial charge in [-0.3, -0.25) is 4.79 Å². The van der Waals surface area contributed by atoms with E-state index in [0.29, 0.717) is 17.0 Å². The lowest BCUT2D eigenvalue weighted by atomic mass is 10.1. The number of nitrogens with zero attached hydrogens (tertiary/aromatic N) is 1. The minimum Gasteiger partial charge on any atom is -0.508 e. The molecule has 0 aromatic heterocycles. The normalized spacial score (nSPS) is 13.8. The summed E-state index contributed by atoms with van der Waals surface area (Å²) in [5.74, 6) is -0.00297. The lowest BCUT2D eigenvalue weighted by Gasteiger charge is -2.29. The monoisotopic (exact) mass is 273 g/mol. The highest BCUT2D eigenvalue weighted by atomic mass is 19.1. The van der Waals surface area contributed by atoms with E-state index >= 15 is 0 Å². The van der Waals surface area contributed by atoms with Gasteiger partial charge in [0.25, 0.3) is 5.91 Å². The van der Waals surface area contributed by atoms with Crippen molar-refractivity contribution in [1.82, 2.24) is 0 Å². The molecule has 102 valence electrons. The van der Waals surface area contributed by atoms with E-state index in [-0.39, 0.29) is 30.6 Å². The predicted octanol–water partition coefficient (Wildman–Crippen LogP) is 2.46. The number of phenols is 1. The summed E-state index contributed by atoms with van der Waals surface area (Å²) in [5, 5.41) is 9.55. The average molecular weight is 273 g/mol. The van der Waals surface area contributed by atoms with Crippen molar-refractivity contribution in [3.8, 4) is 11.5 Å². The third-order valence-corrected chi connectivity index (χ3v) is 3.12. The lowest BCUT2D eigenvalue weighted by molar-refractivity contribution is -0.121. The molecule has 0 aliphatic carbocycles. The fourth-order valence-electron chi connectivity index (χ4n) is 2.18. The molecule has 1 heterocycles. The maximum atomic E-state index is 13.2. The Morgan fingerprint density at radius 1 is 1.25 bits per heavy atom. The van der Waals surface area contributed by atoms with Gasteiger partial charge in [0.1, 0.15) is 17.3 Å². The number of halogens is 1. The van der Waals surface area contributed by atoms with Crippen LogP contribution in [0.2, 0.25) is 0 Å². The number of carbonyl (C=O) groups is 1. The van der Waals surface area contributed by atoms with E-state index in [1.54, 1.807) is 18.2 Å². The summed E-state index contributed by atoms with van der Waals surface area (Å²) < 4.78 is 18.5. The third kappa shape index (κ3) is 2.30. The van der Waals surface area contributed by atoms with E-state index in [9.17, 15) is 14.3 Å². The van der Waals surface area contributed by atoms with Crippen LogP contribution in [0.4, 0.5) is 10.1 Å². The number of hydrogen-bond donors (Lipinski definition) is 1. The minimum absolute atomic E-state index is 0.0475. The fourth-order valence-corrected chi connectivity index (χ4v) is 2.18. The van der Waals surface area contributed by atoms with Gasteiger partial charge in [0, 0.05) is 6.07 Å². The summed E-state index contributed by atoms with van der Waals surface area (Å²) in [6.07, 6.45) is 0. The zero-order valence-electron chi connectivity index (χ0n) is 10.5. The van der Waals surface area contributed by atoms with Gasteiger partial charge in [-0.25, -0.2) is 4.39 Å². The summed E-state index contributed by atoms with van der Waals surface area (Å²) >= 11 is 0. The number of amides is 1. The largest absolute Gasteiger partial charge is 0.508 e. The Morgan fingerprint density at radius 2 is 2.10 bits per heavy atom. The highest BCUT2D eigenvalue weighted by Gasteiger charge is 2.26. The number of benzene rings is 2. The van der Waals surface area contributed by atoms with Crippen LogP contribution in [0, 0.1) is 5.82 Å². The summed E-state index contributed by atoms with van der Waals surface area (Å²) in [5.41, 5.74) is 1.17. The number of phenolic OH excluding ortho intramolecular Hbond substituents is 1. The van der Waals surface area contributed by atoms with Gasteiger partial charge in [0.05, 0.1) is 12.2 Å². The second kappa shape index (κ2) is 4.85. The van der Waals surface area contributed by atoms with Gasteiger partial charge < -0.3 is 14.7 Å². The van der Waals surface area contributed by atoms with E-state index in [1.165, 1.54) is 29.2 Å². The van der Waals surface area contributed by atoms with E-state index in [0.717, 1.165) is 0 Å². The van der Waals surface area contributed by atoms with Crippen molar-refractivity contribution in [2.45, 2.75) is 6.54 Å². The molecule has 2 aromatic carbocycles. The summed E-state index contributed by atoms with van der Waals surface area (Å²) in [4.78, 5) is 13.5. The Bertz CT molecular complexity index is 672. The fraction of sp³-hybridized carbons (Fsp3) is 0.133. The molecule has 0 atom stereocenters. The lowest BCUT2D eigenvalue weighted by Crippen LogP contribution is -2.38. The van der Waals surface area contributed by atoms with Crippen molar-refractivity contribution >= 4 is 11.6 Å². The van der Waals surface area contributed by atoms with Crippen LogP contribution in [0.25, 0.3) is 0 Å². The van der Waals surface area contributed by atoms with Crippen LogP contribution in [0.1, 0.15) is 5.56 Å². The molecule has 5 heteroatoms. The molecule has 4 nitrogen and oxygen atoms in total. The predicted molar refractivity (Wildman–Crippen MR) is 71.2 cm³/mol. The number of hydrogen-bond acceptors (Lipinski definition) is 3. The molecular formula is C15H12FNO3. The standard InChI is InChI=1S/C15H12FNO3/c16-11-3-1-2-10(6-11)8-17-13-7-12(18)4-5-14(13)20-9-15(17)19/h1-7,18H,8-9H2. The first-order valence-corrected chi connectivity index (χ1v) is 6.14. The maximum absolute atomic E-state index is 13.2. The highest BCUT2D eigenvalue weighted by Crippen LogP contribution is 2.35. The van der Waals surface area contributed by atoms with Crippen LogP contribution in [0.15, 0.2) is 42.5 Å². The van der Waals surface area contributed by atoms with E-state index in [4.69, 9.17) is 4.74 Å². The van der Waals surface area contributed by atoms with E-state index < -0.39 is 0 Å². The second-order valence-electron chi connectivity index (χ2n) is 4.55. The van der Waals surface area contributed by atoms with Gasteiger partial charge in [-0.2, -0.15) is 0 Å². The minimum atomic E-state index is -0.348. The zero-order chi connectivity index (χ0) is 14.1. The topological polar surface area (TPSA) is 49.8 Å². The first kappa shape index (κ1) is 12.5. The molecule has 0 radical (unpaired) electrons. The average Bonchev–Trinajstić information content (AvgIpc) is 2.42. The van der Waals surface area contributed by atoms with Crippen LogP contribution < -0.4 is 9.64 Å². The molecular weight excluding hydrogens is 261 g/mol. The van der Waals surface area contributed by atoms with Crippen LogP contribution in [0.5, 0.6) is 11.5 Å². The van der Waals surface area contributed by atoms with Crippen molar-refractivity contribution < 1.29 is 19.0 Å². The molecule has 2 aromatic rings. The van der Waals surface area contributed by atoms with Crippen molar-refractivity contribution in [1.29, 1.82) is 0 Å². The number of fused-ring (bicyclic) bond motifs is 1. The molecule has 0 unspecified atom stereocenters. The van der Waals surface area contributed by atoms with Crippen molar-refractivity contribution in [3.05, 3.63) is 53.8 Å². The van der Waals surface area contributed by atoms with E-state index in [2.05, 4.69) is 0 Å². The number of anilines is 1. The van der Waals surface area contributed by atoms with Crippen LogP contribution in [-0.4, -0.2) is 17.6 Å². The molecule has 20 heavy (non-hydrogen) atoms. The number of ether oxygens (including phenoxy) is 1. The molecule has 1 amide bonds. The molecule has 0 spiro atoms. The second-order valence-corrected chi connectivity index (χ2v) is 4.55. The molecule has 0 bridgehead atoms. The van der Waals surface area contributed by atoms with Crippen LogP contribution in [0.3, 0.4) is 0 Å². The Morgan fingerprint density at radius 3 is 2.90 bits per heavy atom. The maximum Gasteiger partial charge on any atom is 0.265 e. The molecule has 0 saturated carbocycles. The molecule has 0 saturated heterocycles. The SMILES string of the molecule is O=C1COc2ccc(O)cc2N1Cc1cccc(F)c1. The Hall–Kier alpha value is -2.56. The molecule has 0 fully saturated rings. The van der Waals surface area contributed by atoms with Gasteiger partial charge in [0.15, 0.2) is 6.61 Å².